The highest BCUT2D eigenvalue weighted by Crippen LogP contribution is 2.29. The maximum atomic E-state index is 5.89. The number of nitrogens with two attached hydrogens (primary N) is 2. The third-order valence-corrected chi connectivity index (χ3v) is 8.12. The van der Waals surface area contributed by atoms with Crippen LogP contribution in [0.2, 0.25) is 0 Å². The molecular formula is C20H32N6S2. The number of nitrogens with one attached hydrogen (secondary N) is 2. The molecule has 2 aliphatic rings. The van der Waals surface area contributed by atoms with E-state index >= 15 is 0 Å². The quantitative estimate of drug-likeness (QED) is 0.549. The molecule has 6 N–H and O–H groups in total. The van der Waals surface area contributed by atoms with Gasteiger partial charge in [-0.2, -0.15) is 0 Å². The fourth-order valence-corrected chi connectivity index (χ4v) is 6.51. The molecule has 6 nitrogen and oxygen atoms in total. The normalized spacial score (nSPS) is 23.8. The monoisotopic (exact) mass is 420 g/mol. The molecule has 2 aromatic heterocycles. The van der Waals surface area contributed by atoms with E-state index in [0.717, 1.165) is 51.5 Å². The lowest BCUT2D eigenvalue weighted by Crippen LogP contribution is -2.48. The molecular weight excluding hydrogens is 388 g/mol. The van der Waals surface area contributed by atoms with Gasteiger partial charge in [0, 0.05) is 27.9 Å². The van der Waals surface area contributed by atoms with Crippen LogP contribution in [0.3, 0.4) is 0 Å². The second kappa shape index (κ2) is 8.65. The Bertz CT molecular complexity index is 801. The summed E-state index contributed by atoms with van der Waals surface area (Å²) in [5, 5.41) is 9.18. The summed E-state index contributed by atoms with van der Waals surface area (Å²) >= 11 is 3.32. The molecule has 8 heteroatoms. The van der Waals surface area contributed by atoms with Crippen molar-refractivity contribution in [2.45, 2.75) is 76.9 Å². The van der Waals surface area contributed by atoms with E-state index in [2.05, 4.69) is 34.4 Å². The summed E-state index contributed by atoms with van der Waals surface area (Å²) in [6.45, 7) is 5.71. The van der Waals surface area contributed by atoms with Crippen LogP contribution in [0.5, 0.6) is 0 Å². The zero-order valence-electron chi connectivity index (χ0n) is 16.8. The van der Waals surface area contributed by atoms with Gasteiger partial charge in [0.2, 0.25) is 0 Å². The number of aromatic nitrogens is 2. The molecule has 28 heavy (non-hydrogen) atoms. The van der Waals surface area contributed by atoms with Gasteiger partial charge in [0.1, 0.15) is 0 Å². The van der Waals surface area contributed by atoms with Crippen LogP contribution in [0.1, 0.15) is 54.3 Å². The van der Waals surface area contributed by atoms with Crippen molar-refractivity contribution in [3.63, 3.8) is 0 Å². The summed E-state index contributed by atoms with van der Waals surface area (Å²) in [4.78, 5) is 11.7. The van der Waals surface area contributed by atoms with Gasteiger partial charge in [-0.15, -0.1) is 22.7 Å². The maximum absolute atomic E-state index is 5.89. The van der Waals surface area contributed by atoms with E-state index in [0.29, 0.717) is 34.3 Å². The predicted octanol–water partition coefficient (Wildman–Crippen LogP) is 2.77. The molecule has 2 aromatic rings. The Hall–Kier alpha value is -1.22. The third kappa shape index (κ3) is 4.50. The van der Waals surface area contributed by atoms with Crippen molar-refractivity contribution >= 4 is 32.9 Å². The molecule has 0 aromatic carbocycles. The van der Waals surface area contributed by atoms with Crippen molar-refractivity contribution < 1.29 is 0 Å². The molecule has 0 saturated carbocycles. The van der Waals surface area contributed by atoms with E-state index < -0.39 is 0 Å². The molecule has 0 fully saturated rings. The summed E-state index contributed by atoms with van der Waals surface area (Å²) in [5.74, 6) is 0.589. The van der Waals surface area contributed by atoms with Crippen molar-refractivity contribution in [1.82, 2.24) is 20.6 Å². The second-order valence-corrected chi connectivity index (χ2v) is 10.5. The van der Waals surface area contributed by atoms with E-state index in [4.69, 9.17) is 11.5 Å². The highest BCUT2D eigenvalue weighted by molar-refractivity contribution is 7.15. The van der Waals surface area contributed by atoms with Crippen molar-refractivity contribution in [3.05, 3.63) is 21.1 Å². The van der Waals surface area contributed by atoms with Crippen molar-refractivity contribution in [2.24, 2.45) is 5.92 Å². The van der Waals surface area contributed by atoms with Crippen LogP contribution >= 0.6 is 22.7 Å². The first-order valence-corrected chi connectivity index (χ1v) is 12.1. The van der Waals surface area contributed by atoms with Gasteiger partial charge >= 0.3 is 0 Å². The average molecular weight is 421 g/mol. The first kappa shape index (κ1) is 20.1. The van der Waals surface area contributed by atoms with Gasteiger partial charge in [0.05, 0.1) is 11.4 Å². The molecule has 4 atom stereocenters. The SMILES string of the molecule is CCC(NC1CCc2nc(N)sc2C1)C(C)CNC1CCc2nc(N)sc2C1. The van der Waals surface area contributed by atoms with Gasteiger partial charge in [-0.25, -0.2) is 9.97 Å². The number of hydrogen-bond donors (Lipinski definition) is 4. The summed E-state index contributed by atoms with van der Waals surface area (Å²) in [6, 6.07) is 1.62. The van der Waals surface area contributed by atoms with Crippen molar-refractivity contribution in [2.75, 3.05) is 18.0 Å². The zero-order chi connectivity index (χ0) is 19.7. The average Bonchev–Trinajstić information content (AvgIpc) is 3.23. The lowest BCUT2D eigenvalue weighted by molar-refractivity contribution is 0.291. The van der Waals surface area contributed by atoms with Crippen LogP contribution in [-0.2, 0) is 25.7 Å². The van der Waals surface area contributed by atoms with Gasteiger partial charge in [0.25, 0.3) is 0 Å². The maximum Gasteiger partial charge on any atom is 0.180 e. The fraction of sp³-hybridized carbons (Fsp3) is 0.700. The van der Waals surface area contributed by atoms with Gasteiger partial charge in [0.15, 0.2) is 10.3 Å². The molecule has 4 rings (SSSR count). The van der Waals surface area contributed by atoms with Gasteiger partial charge in [-0.1, -0.05) is 13.8 Å². The van der Waals surface area contributed by atoms with Gasteiger partial charge < -0.3 is 22.1 Å². The Morgan fingerprint density at radius 1 is 1.00 bits per heavy atom. The lowest BCUT2D eigenvalue weighted by atomic mass is 9.92. The Labute approximate surface area is 175 Å². The molecule has 0 aliphatic heterocycles. The van der Waals surface area contributed by atoms with Gasteiger partial charge in [-0.05, 0) is 57.4 Å². The topological polar surface area (TPSA) is 102 Å². The number of fused-ring (bicyclic) bond motifs is 2. The zero-order valence-corrected chi connectivity index (χ0v) is 18.5. The van der Waals surface area contributed by atoms with Crippen LogP contribution in [0.25, 0.3) is 0 Å². The number of nitrogens with zero attached hydrogens (tertiary/aromatic N) is 2. The van der Waals surface area contributed by atoms with E-state index in [1.54, 1.807) is 22.7 Å². The highest BCUT2D eigenvalue weighted by atomic mass is 32.1. The second-order valence-electron chi connectivity index (χ2n) is 8.29. The Morgan fingerprint density at radius 3 is 2.18 bits per heavy atom. The van der Waals surface area contributed by atoms with Crippen molar-refractivity contribution in [3.8, 4) is 0 Å². The molecule has 2 heterocycles. The number of nitrogen functional groups attached to an aromatic ring is 2. The molecule has 4 unspecified atom stereocenters. The molecule has 0 saturated heterocycles. The molecule has 154 valence electrons. The van der Waals surface area contributed by atoms with Crippen LogP contribution in [0.15, 0.2) is 0 Å². The molecule has 0 bridgehead atoms. The number of anilines is 2. The van der Waals surface area contributed by atoms with Crippen LogP contribution in [-0.4, -0.2) is 34.6 Å². The predicted molar refractivity (Wildman–Crippen MR) is 119 cm³/mol. The number of hydrogen-bond acceptors (Lipinski definition) is 8. The minimum atomic E-state index is 0.530. The summed E-state index contributed by atoms with van der Waals surface area (Å²) in [6.07, 6.45) is 7.70. The fourth-order valence-electron chi connectivity index (χ4n) is 4.59. The number of aryl methyl sites for hydroxylation is 2. The highest BCUT2D eigenvalue weighted by Gasteiger charge is 2.27. The number of thiazole rings is 2. The Morgan fingerprint density at radius 2 is 1.57 bits per heavy atom. The first-order valence-electron chi connectivity index (χ1n) is 10.5. The van der Waals surface area contributed by atoms with Gasteiger partial charge in [-0.3, -0.25) is 0 Å². The minimum Gasteiger partial charge on any atom is -0.375 e. The van der Waals surface area contributed by atoms with E-state index in [1.807, 2.05) is 0 Å². The Kier molecular flexibility index (Phi) is 6.20. The van der Waals surface area contributed by atoms with E-state index in [1.165, 1.54) is 21.1 Å². The molecule has 0 amide bonds. The van der Waals surface area contributed by atoms with E-state index in [-0.39, 0.29) is 0 Å². The van der Waals surface area contributed by atoms with Crippen LogP contribution < -0.4 is 22.1 Å². The van der Waals surface area contributed by atoms with Crippen molar-refractivity contribution in [1.29, 1.82) is 0 Å². The van der Waals surface area contributed by atoms with E-state index in [9.17, 15) is 0 Å². The smallest absolute Gasteiger partial charge is 0.180 e. The molecule has 0 radical (unpaired) electrons. The summed E-state index contributed by atoms with van der Waals surface area (Å²) in [5.41, 5.74) is 14.2. The van der Waals surface area contributed by atoms with Crippen LogP contribution in [0, 0.1) is 5.92 Å². The minimum absolute atomic E-state index is 0.530. The van der Waals surface area contributed by atoms with Crippen LogP contribution in [0.4, 0.5) is 10.3 Å². The standard InChI is InChI=1S/C20H32N6S2/c1-3-14(24-13-5-7-16-18(9-13)28-20(22)26-16)11(2)10-23-12-4-6-15-17(8-12)27-19(21)25-15/h11-14,23-24H,3-10H2,1-2H3,(H2,21,25)(H2,22,26). The lowest BCUT2D eigenvalue weighted by Gasteiger charge is -2.32. The summed E-state index contributed by atoms with van der Waals surface area (Å²) < 4.78 is 0. The molecule has 2 aliphatic carbocycles. The third-order valence-electron chi connectivity index (χ3n) is 6.22. The summed E-state index contributed by atoms with van der Waals surface area (Å²) in [7, 11) is 0. The largest absolute Gasteiger partial charge is 0.375 e. The molecule has 0 spiro atoms. The Balaban J connectivity index is 1.27. The number of rotatable bonds is 7. The first-order chi connectivity index (χ1) is 13.5.